The van der Waals surface area contributed by atoms with E-state index in [1.165, 1.54) is 205 Å². The van der Waals surface area contributed by atoms with Crippen LogP contribution in [0.5, 0.6) is 0 Å². The molecule has 468 valence electrons. The van der Waals surface area contributed by atoms with E-state index < -0.39 is 6.10 Å². The minimum Gasteiger partial charge on any atom is -0.462 e. The van der Waals surface area contributed by atoms with Crippen molar-refractivity contribution in [3.8, 4) is 0 Å². The maximum Gasteiger partial charge on any atom is 0.306 e. The zero-order valence-corrected chi connectivity index (χ0v) is 53.8. The van der Waals surface area contributed by atoms with Crippen LogP contribution in [0.3, 0.4) is 0 Å². The van der Waals surface area contributed by atoms with E-state index in [4.69, 9.17) is 14.2 Å². The molecule has 0 aliphatic heterocycles. The lowest BCUT2D eigenvalue weighted by Crippen LogP contribution is -2.30. The lowest BCUT2D eigenvalue weighted by molar-refractivity contribution is -0.167. The van der Waals surface area contributed by atoms with Crippen LogP contribution < -0.4 is 0 Å². The Labute approximate surface area is 503 Å². The number of allylic oxidation sites excluding steroid dienone is 14. The Morgan fingerprint density at radius 1 is 0.259 bits per heavy atom. The van der Waals surface area contributed by atoms with E-state index in [9.17, 15) is 14.4 Å². The van der Waals surface area contributed by atoms with E-state index in [0.29, 0.717) is 19.3 Å². The van der Waals surface area contributed by atoms with Crippen LogP contribution in [0.25, 0.3) is 0 Å². The average Bonchev–Trinajstić information content (AvgIpc) is 3.47. The number of carbonyl (C=O) groups excluding carboxylic acids is 3. The van der Waals surface area contributed by atoms with Crippen LogP contribution in [0.4, 0.5) is 0 Å². The molecular formula is C75H132O6. The normalized spacial score (nSPS) is 12.6. The van der Waals surface area contributed by atoms with E-state index in [1.807, 2.05) is 0 Å². The van der Waals surface area contributed by atoms with Crippen LogP contribution >= 0.6 is 0 Å². The first kappa shape index (κ1) is 77.6. The van der Waals surface area contributed by atoms with Crippen molar-refractivity contribution >= 4 is 17.9 Å². The highest BCUT2D eigenvalue weighted by atomic mass is 16.6. The molecular weight excluding hydrogens is 997 g/mol. The van der Waals surface area contributed by atoms with Crippen molar-refractivity contribution in [3.63, 3.8) is 0 Å². The van der Waals surface area contributed by atoms with Gasteiger partial charge in [0.05, 0.1) is 0 Å². The quantitative estimate of drug-likeness (QED) is 0.0261. The van der Waals surface area contributed by atoms with Gasteiger partial charge in [-0.1, -0.05) is 331 Å². The Balaban J connectivity index is 4.07. The monoisotopic (exact) mass is 1130 g/mol. The number of rotatable bonds is 64. The van der Waals surface area contributed by atoms with Gasteiger partial charge in [-0.25, -0.2) is 0 Å². The fourth-order valence-corrected chi connectivity index (χ4v) is 10.2. The van der Waals surface area contributed by atoms with Gasteiger partial charge >= 0.3 is 17.9 Å². The largest absolute Gasteiger partial charge is 0.462 e. The first-order chi connectivity index (χ1) is 40.0. The number of ether oxygens (including phenoxy) is 3. The summed E-state index contributed by atoms with van der Waals surface area (Å²) < 4.78 is 16.9. The lowest BCUT2D eigenvalue weighted by atomic mass is 10.0. The minimum absolute atomic E-state index is 0.0747. The van der Waals surface area contributed by atoms with Crippen molar-refractivity contribution in [2.45, 2.75) is 361 Å². The molecule has 0 aromatic rings. The van der Waals surface area contributed by atoms with Crippen molar-refractivity contribution in [3.05, 3.63) is 85.1 Å². The second kappa shape index (κ2) is 69.1. The van der Waals surface area contributed by atoms with E-state index in [0.717, 1.165) is 109 Å². The van der Waals surface area contributed by atoms with Crippen LogP contribution in [-0.4, -0.2) is 37.2 Å². The number of esters is 3. The molecule has 0 aliphatic rings. The maximum atomic E-state index is 12.9. The van der Waals surface area contributed by atoms with E-state index in [1.54, 1.807) is 0 Å². The van der Waals surface area contributed by atoms with Gasteiger partial charge in [0, 0.05) is 19.3 Å². The molecule has 0 aromatic heterocycles. The van der Waals surface area contributed by atoms with Crippen LogP contribution in [0, 0.1) is 0 Å². The second-order valence-corrected chi connectivity index (χ2v) is 23.4. The van der Waals surface area contributed by atoms with Crippen LogP contribution in [-0.2, 0) is 28.6 Å². The molecule has 0 saturated heterocycles. The SMILES string of the molecule is CC/C=C\C/C=C\C/C=C\C/C=C\CCCCCCCCCCCCCCCCCCCCCCCCC(=O)OCC(COC(=O)CCCCCCCCCCCCC)OC(=O)CCCCCCCCC/C=C\C/C=C\C/C=C\CC. The summed E-state index contributed by atoms with van der Waals surface area (Å²) in [5.41, 5.74) is 0. The van der Waals surface area contributed by atoms with E-state index >= 15 is 0 Å². The molecule has 0 aliphatic carbocycles. The van der Waals surface area contributed by atoms with Gasteiger partial charge < -0.3 is 14.2 Å². The molecule has 0 aromatic carbocycles. The Bertz CT molecular complexity index is 1530. The molecule has 0 heterocycles. The highest BCUT2D eigenvalue weighted by Gasteiger charge is 2.19. The molecule has 0 fully saturated rings. The van der Waals surface area contributed by atoms with Crippen LogP contribution in [0.1, 0.15) is 355 Å². The predicted octanol–water partition coefficient (Wildman–Crippen LogP) is 24.2. The minimum atomic E-state index is -0.778. The van der Waals surface area contributed by atoms with Gasteiger partial charge in [0.1, 0.15) is 13.2 Å². The van der Waals surface area contributed by atoms with Crippen molar-refractivity contribution in [1.29, 1.82) is 0 Å². The third-order valence-corrected chi connectivity index (χ3v) is 15.4. The fraction of sp³-hybridized carbons (Fsp3) is 0.773. The predicted molar refractivity (Wildman–Crippen MR) is 353 cm³/mol. The third-order valence-electron chi connectivity index (χ3n) is 15.4. The van der Waals surface area contributed by atoms with Gasteiger partial charge in [0.25, 0.3) is 0 Å². The molecule has 0 bridgehead atoms. The number of carbonyl (C=O) groups is 3. The fourth-order valence-electron chi connectivity index (χ4n) is 10.2. The molecule has 6 nitrogen and oxygen atoms in total. The van der Waals surface area contributed by atoms with Gasteiger partial charge in [-0.05, 0) is 89.9 Å². The molecule has 0 spiro atoms. The van der Waals surface area contributed by atoms with Crippen molar-refractivity contribution in [2.75, 3.05) is 13.2 Å². The van der Waals surface area contributed by atoms with Gasteiger partial charge in [0.15, 0.2) is 6.10 Å². The first-order valence-electron chi connectivity index (χ1n) is 35.1. The maximum absolute atomic E-state index is 12.9. The van der Waals surface area contributed by atoms with Crippen molar-refractivity contribution in [1.82, 2.24) is 0 Å². The summed E-state index contributed by atoms with van der Waals surface area (Å²) >= 11 is 0. The van der Waals surface area contributed by atoms with Gasteiger partial charge in [-0.3, -0.25) is 14.4 Å². The zero-order valence-electron chi connectivity index (χ0n) is 53.8. The summed E-state index contributed by atoms with van der Waals surface area (Å²) in [6.45, 7) is 6.44. The number of hydrogen-bond acceptors (Lipinski definition) is 6. The highest BCUT2D eigenvalue weighted by Crippen LogP contribution is 2.18. The Morgan fingerprint density at radius 2 is 0.481 bits per heavy atom. The van der Waals surface area contributed by atoms with Crippen molar-refractivity contribution < 1.29 is 28.6 Å². The smallest absolute Gasteiger partial charge is 0.306 e. The molecule has 0 amide bonds. The summed E-state index contributed by atoms with van der Waals surface area (Å²) in [6, 6.07) is 0. The summed E-state index contributed by atoms with van der Waals surface area (Å²) in [4.78, 5) is 38.3. The molecule has 1 atom stereocenters. The van der Waals surface area contributed by atoms with E-state index in [2.05, 4.69) is 106 Å². The standard InChI is InChI=1S/C75H132O6/c1-4-7-10-13-16-19-22-24-26-28-29-30-31-32-33-34-35-36-37-38-39-40-41-42-43-44-45-47-48-50-53-56-59-62-65-68-74(77)80-71-72(70-79-73(76)67-64-61-58-55-52-21-18-15-12-9-6-3)81-75(78)69-66-63-60-57-54-51-49-46-27-25-23-20-17-14-11-8-5-2/h7-8,10-11,16-17,19-20,24-27,29-30,72H,4-6,9,12-15,18,21-23,28,31-71H2,1-3H3/b10-7-,11-8-,19-16-,20-17-,26-24-,27-25-,30-29-. The zero-order chi connectivity index (χ0) is 58.5. The molecule has 0 rings (SSSR count). The first-order valence-corrected chi connectivity index (χ1v) is 35.1. The topological polar surface area (TPSA) is 78.9 Å². The number of unbranched alkanes of at least 4 members (excludes halogenated alkanes) is 39. The molecule has 81 heavy (non-hydrogen) atoms. The highest BCUT2D eigenvalue weighted by molar-refractivity contribution is 5.71. The van der Waals surface area contributed by atoms with Gasteiger partial charge in [0.2, 0.25) is 0 Å². The van der Waals surface area contributed by atoms with E-state index in [-0.39, 0.29) is 31.1 Å². The molecule has 0 N–H and O–H groups in total. The van der Waals surface area contributed by atoms with Crippen molar-refractivity contribution in [2.24, 2.45) is 0 Å². The Morgan fingerprint density at radius 3 is 0.753 bits per heavy atom. The average molecular weight is 1130 g/mol. The molecule has 0 radical (unpaired) electrons. The van der Waals surface area contributed by atoms with Crippen LogP contribution in [0.2, 0.25) is 0 Å². The number of hydrogen-bond donors (Lipinski definition) is 0. The molecule has 0 saturated carbocycles. The van der Waals surface area contributed by atoms with Gasteiger partial charge in [-0.15, -0.1) is 0 Å². The molecule has 6 heteroatoms. The van der Waals surface area contributed by atoms with Gasteiger partial charge in [-0.2, -0.15) is 0 Å². The second-order valence-electron chi connectivity index (χ2n) is 23.4. The Hall–Kier alpha value is -3.41. The summed E-state index contributed by atoms with van der Waals surface area (Å²) in [7, 11) is 0. The Kier molecular flexibility index (Phi) is 66.2. The molecule has 1 unspecified atom stereocenters. The van der Waals surface area contributed by atoms with Crippen LogP contribution in [0.15, 0.2) is 85.1 Å². The summed E-state index contributed by atoms with van der Waals surface area (Å²) in [6.07, 6.45) is 92.0. The third kappa shape index (κ3) is 67.3. The summed E-state index contributed by atoms with van der Waals surface area (Å²) in [5.74, 6) is -0.866. The summed E-state index contributed by atoms with van der Waals surface area (Å²) in [5, 5.41) is 0. The lowest BCUT2D eigenvalue weighted by Gasteiger charge is -2.18.